The van der Waals surface area contributed by atoms with Gasteiger partial charge in [-0.2, -0.15) is 20.5 Å². The van der Waals surface area contributed by atoms with Gasteiger partial charge >= 0.3 is 0 Å². The van der Waals surface area contributed by atoms with Crippen LogP contribution in [-0.4, -0.2) is 25.2 Å². The number of aryl methyl sites for hydroxylation is 1. The second kappa shape index (κ2) is 3.18. The van der Waals surface area contributed by atoms with Crippen LogP contribution in [0.5, 0.6) is 0 Å². The van der Waals surface area contributed by atoms with E-state index in [1.807, 2.05) is 17.9 Å². The van der Waals surface area contributed by atoms with Gasteiger partial charge in [0, 0.05) is 18.0 Å². The summed E-state index contributed by atoms with van der Waals surface area (Å²) in [4.78, 5) is 0. The highest BCUT2D eigenvalue weighted by Gasteiger charge is 2.24. The number of aromatic amines is 1. The third-order valence-electron chi connectivity index (χ3n) is 2.34. The van der Waals surface area contributed by atoms with Crippen molar-refractivity contribution in [3.8, 4) is 11.3 Å². The van der Waals surface area contributed by atoms with Gasteiger partial charge in [0.25, 0.3) is 0 Å². The summed E-state index contributed by atoms with van der Waals surface area (Å²) >= 11 is 0. The lowest BCUT2D eigenvalue weighted by molar-refractivity contribution is 0.524. The van der Waals surface area contributed by atoms with Crippen molar-refractivity contribution in [3.63, 3.8) is 0 Å². The van der Waals surface area contributed by atoms with E-state index in [0.717, 1.165) is 17.0 Å². The van der Waals surface area contributed by atoms with E-state index in [4.69, 9.17) is 0 Å². The van der Waals surface area contributed by atoms with Gasteiger partial charge in [0.2, 0.25) is 0 Å². The maximum Gasteiger partial charge on any atom is 0.116 e. The zero-order valence-electron chi connectivity index (χ0n) is 9.44. The molecule has 0 aromatic carbocycles. The predicted molar refractivity (Wildman–Crippen MR) is 57.3 cm³/mol. The Bertz CT molecular complexity index is 447. The Labute approximate surface area is 88.5 Å². The van der Waals surface area contributed by atoms with Gasteiger partial charge < -0.3 is 0 Å². The molecule has 5 nitrogen and oxygen atoms in total. The lowest BCUT2D eigenvalue weighted by atomic mass is 9.88. The SMILES string of the molecule is Cn1ncc(-c2cn[nH]n2)c1C(C)(C)C. The Morgan fingerprint density at radius 2 is 2.00 bits per heavy atom. The van der Waals surface area contributed by atoms with Crippen molar-refractivity contribution in [2.45, 2.75) is 26.2 Å². The first kappa shape index (κ1) is 9.89. The van der Waals surface area contributed by atoms with Crippen LogP contribution < -0.4 is 0 Å². The molecule has 0 atom stereocenters. The van der Waals surface area contributed by atoms with Crippen LogP contribution in [0.4, 0.5) is 0 Å². The van der Waals surface area contributed by atoms with E-state index in [1.165, 1.54) is 0 Å². The molecule has 0 radical (unpaired) electrons. The Morgan fingerprint density at radius 1 is 1.27 bits per heavy atom. The quantitative estimate of drug-likeness (QED) is 0.767. The molecule has 0 aliphatic heterocycles. The van der Waals surface area contributed by atoms with E-state index in [1.54, 1.807) is 6.20 Å². The molecule has 0 fully saturated rings. The van der Waals surface area contributed by atoms with Gasteiger partial charge in [-0.1, -0.05) is 20.8 Å². The van der Waals surface area contributed by atoms with E-state index in [2.05, 4.69) is 41.3 Å². The van der Waals surface area contributed by atoms with Crippen molar-refractivity contribution >= 4 is 0 Å². The molecule has 0 saturated heterocycles. The lowest BCUT2D eigenvalue weighted by Gasteiger charge is -2.20. The van der Waals surface area contributed by atoms with Crippen molar-refractivity contribution in [1.82, 2.24) is 25.2 Å². The van der Waals surface area contributed by atoms with Crippen molar-refractivity contribution in [3.05, 3.63) is 18.1 Å². The van der Waals surface area contributed by atoms with Crippen molar-refractivity contribution in [2.24, 2.45) is 7.05 Å². The van der Waals surface area contributed by atoms with Crippen LogP contribution in [0.2, 0.25) is 0 Å². The average Bonchev–Trinajstić information content (AvgIpc) is 2.68. The summed E-state index contributed by atoms with van der Waals surface area (Å²) in [6.07, 6.45) is 3.55. The minimum absolute atomic E-state index is 0.0412. The minimum atomic E-state index is 0.0412. The molecule has 0 amide bonds. The second-order valence-corrected chi connectivity index (χ2v) is 4.64. The summed E-state index contributed by atoms with van der Waals surface area (Å²) in [5.41, 5.74) is 3.09. The monoisotopic (exact) mass is 205 g/mol. The Morgan fingerprint density at radius 3 is 2.53 bits per heavy atom. The second-order valence-electron chi connectivity index (χ2n) is 4.64. The molecule has 2 aromatic heterocycles. The first-order valence-electron chi connectivity index (χ1n) is 4.89. The van der Waals surface area contributed by atoms with Gasteiger partial charge in [0.05, 0.1) is 18.1 Å². The molecule has 5 heteroatoms. The van der Waals surface area contributed by atoms with E-state index in [0.29, 0.717) is 0 Å². The van der Waals surface area contributed by atoms with Crippen LogP contribution in [-0.2, 0) is 12.5 Å². The summed E-state index contributed by atoms with van der Waals surface area (Å²) in [6.45, 7) is 6.48. The zero-order chi connectivity index (χ0) is 11.1. The Balaban J connectivity index is 2.59. The van der Waals surface area contributed by atoms with E-state index >= 15 is 0 Å². The standard InChI is InChI=1S/C10H15N5/c1-10(2,3)9-7(5-12-15(9)4)8-6-11-14-13-8/h5-6H,1-4H3,(H,11,13,14). The fraction of sp³-hybridized carbons (Fsp3) is 0.500. The number of hydrogen-bond donors (Lipinski definition) is 1. The summed E-state index contributed by atoms with van der Waals surface area (Å²) < 4.78 is 1.89. The summed E-state index contributed by atoms with van der Waals surface area (Å²) in [6, 6.07) is 0. The average molecular weight is 205 g/mol. The van der Waals surface area contributed by atoms with Gasteiger partial charge in [0.1, 0.15) is 5.69 Å². The van der Waals surface area contributed by atoms with Crippen LogP contribution in [0.1, 0.15) is 26.5 Å². The highest BCUT2D eigenvalue weighted by molar-refractivity contribution is 5.61. The molecule has 0 aliphatic carbocycles. The van der Waals surface area contributed by atoms with Crippen LogP contribution in [0.3, 0.4) is 0 Å². The topological polar surface area (TPSA) is 59.4 Å². The molecule has 80 valence electrons. The summed E-state index contributed by atoms with van der Waals surface area (Å²) in [7, 11) is 1.95. The Hall–Kier alpha value is -1.65. The molecular formula is C10H15N5. The molecule has 15 heavy (non-hydrogen) atoms. The normalized spacial score (nSPS) is 12.0. The van der Waals surface area contributed by atoms with Crippen molar-refractivity contribution in [2.75, 3.05) is 0 Å². The fourth-order valence-electron chi connectivity index (χ4n) is 1.85. The number of aromatic nitrogens is 5. The summed E-state index contributed by atoms with van der Waals surface area (Å²) in [5.74, 6) is 0. The molecule has 2 aromatic rings. The van der Waals surface area contributed by atoms with Gasteiger partial charge in [0.15, 0.2) is 0 Å². The fourth-order valence-corrected chi connectivity index (χ4v) is 1.85. The van der Waals surface area contributed by atoms with Crippen LogP contribution in [0.25, 0.3) is 11.3 Å². The number of H-pyrrole nitrogens is 1. The number of rotatable bonds is 1. The first-order valence-corrected chi connectivity index (χ1v) is 4.89. The maximum atomic E-state index is 4.27. The van der Waals surface area contributed by atoms with E-state index < -0.39 is 0 Å². The molecule has 0 saturated carbocycles. The van der Waals surface area contributed by atoms with E-state index in [9.17, 15) is 0 Å². The van der Waals surface area contributed by atoms with Gasteiger partial charge in [-0.25, -0.2) is 0 Å². The highest BCUT2D eigenvalue weighted by atomic mass is 15.3. The molecule has 0 bridgehead atoms. The van der Waals surface area contributed by atoms with Crippen molar-refractivity contribution < 1.29 is 0 Å². The molecule has 2 heterocycles. The smallest absolute Gasteiger partial charge is 0.116 e. The van der Waals surface area contributed by atoms with Gasteiger partial charge in [-0.3, -0.25) is 4.68 Å². The largest absolute Gasteiger partial charge is 0.271 e. The third kappa shape index (κ3) is 1.65. The molecule has 1 N–H and O–H groups in total. The zero-order valence-corrected chi connectivity index (χ0v) is 9.44. The molecule has 0 aliphatic rings. The van der Waals surface area contributed by atoms with Gasteiger partial charge in [-0.05, 0) is 0 Å². The van der Waals surface area contributed by atoms with Gasteiger partial charge in [-0.15, -0.1) is 0 Å². The minimum Gasteiger partial charge on any atom is -0.271 e. The highest BCUT2D eigenvalue weighted by Crippen LogP contribution is 2.30. The maximum absolute atomic E-state index is 4.27. The predicted octanol–water partition coefficient (Wildman–Crippen LogP) is 1.50. The summed E-state index contributed by atoms with van der Waals surface area (Å²) in [5, 5.41) is 14.8. The van der Waals surface area contributed by atoms with Crippen LogP contribution >= 0.6 is 0 Å². The number of nitrogens with zero attached hydrogens (tertiary/aromatic N) is 4. The van der Waals surface area contributed by atoms with Crippen molar-refractivity contribution in [1.29, 1.82) is 0 Å². The van der Waals surface area contributed by atoms with E-state index in [-0.39, 0.29) is 5.41 Å². The molecule has 2 rings (SSSR count). The first-order chi connectivity index (χ1) is 7.00. The Kier molecular flexibility index (Phi) is 2.10. The molecular weight excluding hydrogens is 190 g/mol. The molecule has 0 unspecified atom stereocenters. The van der Waals surface area contributed by atoms with Crippen LogP contribution in [0.15, 0.2) is 12.4 Å². The number of hydrogen-bond acceptors (Lipinski definition) is 3. The van der Waals surface area contributed by atoms with Crippen LogP contribution in [0, 0.1) is 0 Å². The third-order valence-corrected chi connectivity index (χ3v) is 2.34. The number of nitrogens with one attached hydrogen (secondary N) is 1. The lowest BCUT2D eigenvalue weighted by Crippen LogP contribution is -2.17. The molecule has 0 spiro atoms.